The fourth-order valence-corrected chi connectivity index (χ4v) is 2.77. The maximum absolute atomic E-state index is 11.1. The van der Waals surface area contributed by atoms with Crippen LogP contribution in [0.25, 0.3) is 0 Å². The Kier molecular flexibility index (Phi) is 7.75. The van der Waals surface area contributed by atoms with Crippen LogP contribution in [-0.2, 0) is 0 Å². The number of nitro benzene ring substituents is 2. The average molecular weight is 491 g/mol. The van der Waals surface area contributed by atoms with Gasteiger partial charge in [-0.3, -0.25) is 20.2 Å². The van der Waals surface area contributed by atoms with Gasteiger partial charge in [0.2, 0.25) is 0 Å². The van der Waals surface area contributed by atoms with Crippen molar-refractivity contribution in [3.05, 3.63) is 65.7 Å². The molecule has 0 saturated heterocycles. The zero-order chi connectivity index (χ0) is 24.2. The van der Waals surface area contributed by atoms with E-state index in [4.69, 9.17) is 42.9 Å². The molecular formula is C17H12Cl2N2O11. The molecule has 0 fully saturated rings. The van der Waals surface area contributed by atoms with Gasteiger partial charge in [0.15, 0.2) is 10.0 Å². The molecule has 0 aliphatic rings. The molecule has 0 aromatic heterocycles. The van der Waals surface area contributed by atoms with E-state index in [2.05, 4.69) is 0 Å². The SMILES string of the molecule is O=C(O)c1cc(OCC(O)COc2cc(C(=O)O)cc([N+](=O)[O-])c2Cl)c(Cl)c([N+](=O)[O-])c1. The van der Waals surface area contributed by atoms with Crippen molar-refractivity contribution in [1.29, 1.82) is 0 Å². The minimum atomic E-state index is -1.48. The van der Waals surface area contributed by atoms with Crippen LogP contribution in [-0.4, -0.2) is 56.4 Å². The molecule has 2 aromatic rings. The van der Waals surface area contributed by atoms with Gasteiger partial charge in [0.1, 0.15) is 30.8 Å². The number of carboxylic acid groups (broad SMARTS) is 2. The van der Waals surface area contributed by atoms with Crippen LogP contribution in [0.4, 0.5) is 11.4 Å². The largest absolute Gasteiger partial charge is 0.489 e. The van der Waals surface area contributed by atoms with Crippen LogP contribution in [0.5, 0.6) is 11.5 Å². The summed E-state index contributed by atoms with van der Waals surface area (Å²) in [4.78, 5) is 42.5. The molecule has 2 rings (SSSR count). The van der Waals surface area contributed by atoms with E-state index in [9.17, 15) is 34.9 Å². The van der Waals surface area contributed by atoms with E-state index in [1.54, 1.807) is 0 Å². The second kappa shape index (κ2) is 10.1. The molecule has 0 unspecified atom stereocenters. The zero-order valence-electron chi connectivity index (χ0n) is 15.6. The first-order valence-corrected chi connectivity index (χ1v) is 9.04. The fraction of sp³-hybridized carbons (Fsp3) is 0.176. The summed E-state index contributed by atoms with van der Waals surface area (Å²) >= 11 is 11.7. The lowest BCUT2D eigenvalue weighted by Crippen LogP contribution is -2.25. The van der Waals surface area contributed by atoms with Crippen LogP contribution in [0.15, 0.2) is 24.3 Å². The van der Waals surface area contributed by atoms with Gasteiger partial charge in [-0.2, -0.15) is 0 Å². The normalized spacial score (nSPS) is 10.6. The van der Waals surface area contributed by atoms with Crippen LogP contribution in [0.2, 0.25) is 10.0 Å². The topological polar surface area (TPSA) is 200 Å². The van der Waals surface area contributed by atoms with E-state index in [0.717, 1.165) is 24.3 Å². The highest BCUT2D eigenvalue weighted by Gasteiger charge is 2.24. The Morgan fingerprint density at radius 2 is 1.19 bits per heavy atom. The van der Waals surface area contributed by atoms with Crippen LogP contribution < -0.4 is 9.47 Å². The summed E-state index contributed by atoms with van der Waals surface area (Å²) in [7, 11) is 0. The molecule has 170 valence electrons. The van der Waals surface area contributed by atoms with Gasteiger partial charge in [-0.15, -0.1) is 0 Å². The summed E-state index contributed by atoms with van der Waals surface area (Å²) in [5.41, 5.74) is -2.41. The third-order valence-electron chi connectivity index (χ3n) is 3.79. The quantitative estimate of drug-likeness (QED) is 0.326. The smallest absolute Gasteiger partial charge is 0.336 e. The number of aliphatic hydroxyl groups excluding tert-OH is 1. The maximum Gasteiger partial charge on any atom is 0.336 e. The number of rotatable bonds is 10. The molecule has 32 heavy (non-hydrogen) atoms. The first kappa shape index (κ1) is 24.6. The summed E-state index contributed by atoms with van der Waals surface area (Å²) in [5.74, 6) is -3.74. The predicted molar refractivity (Wildman–Crippen MR) is 107 cm³/mol. The molecule has 0 aliphatic carbocycles. The number of benzene rings is 2. The Balaban J connectivity index is 2.16. The zero-order valence-corrected chi connectivity index (χ0v) is 17.1. The molecule has 2 aromatic carbocycles. The molecule has 0 spiro atoms. The van der Waals surface area contributed by atoms with Gasteiger partial charge in [-0.25, -0.2) is 9.59 Å². The first-order chi connectivity index (χ1) is 14.9. The maximum atomic E-state index is 11.1. The number of ether oxygens (including phenoxy) is 2. The second-order valence-electron chi connectivity index (χ2n) is 6.02. The molecular weight excluding hydrogens is 479 g/mol. The van der Waals surface area contributed by atoms with Crippen LogP contribution in [0.3, 0.4) is 0 Å². The number of hydrogen-bond donors (Lipinski definition) is 3. The van der Waals surface area contributed by atoms with Gasteiger partial charge in [0.25, 0.3) is 11.4 Å². The Morgan fingerprint density at radius 3 is 1.47 bits per heavy atom. The van der Waals surface area contributed by atoms with Gasteiger partial charge >= 0.3 is 11.9 Å². The number of carbonyl (C=O) groups is 2. The van der Waals surface area contributed by atoms with Gasteiger partial charge in [0.05, 0.1) is 21.0 Å². The van der Waals surface area contributed by atoms with Crippen molar-refractivity contribution < 1.29 is 44.2 Å². The summed E-state index contributed by atoms with van der Waals surface area (Å²) in [6, 6.07) is 3.31. The van der Waals surface area contributed by atoms with Gasteiger partial charge in [0, 0.05) is 12.1 Å². The highest BCUT2D eigenvalue weighted by molar-refractivity contribution is 6.34. The van der Waals surface area contributed by atoms with E-state index >= 15 is 0 Å². The summed E-state index contributed by atoms with van der Waals surface area (Å²) < 4.78 is 10.3. The van der Waals surface area contributed by atoms with E-state index in [0.29, 0.717) is 0 Å². The van der Waals surface area contributed by atoms with Crippen molar-refractivity contribution in [2.45, 2.75) is 6.10 Å². The summed E-state index contributed by atoms with van der Waals surface area (Å²) in [6.45, 7) is -1.17. The molecule has 0 atom stereocenters. The van der Waals surface area contributed by atoms with E-state index in [1.165, 1.54) is 0 Å². The molecule has 13 nitrogen and oxygen atoms in total. The Labute approximate surface area is 187 Å². The van der Waals surface area contributed by atoms with Crippen LogP contribution >= 0.6 is 23.2 Å². The Morgan fingerprint density at radius 1 is 0.844 bits per heavy atom. The number of carboxylic acids is 2. The number of aliphatic hydroxyl groups is 1. The van der Waals surface area contributed by atoms with Gasteiger partial charge in [-0.1, -0.05) is 23.2 Å². The van der Waals surface area contributed by atoms with Crippen LogP contribution in [0, 0.1) is 20.2 Å². The predicted octanol–water partition coefficient (Wildman–Crippen LogP) is 3.02. The number of aromatic carboxylic acids is 2. The lowest BCUT2D eigenvalue weighted by molar-refractivity contribution is -0.384. The van der Waals surface area contributed by atoms with Crippen molar-refractivity contribution in [3.8, 4) is 11.5 Å². The summed E-state index contributed by atoms with van der Waals surface area (Å²) in [5, 5.41) is 49.2. The molecule has 0 heterocycles. The number of nitro groups is 2. The number of halogens is 2. The second-order valence-corrected chi connectivity index (χ2v) is 6.77. The summed E-state index contributed by atoms with van der Waals surface area (Å²) in [6.07, 6.45) is -1.46. The first-order valence-electron chi connectivity index (χ1n) is 8.28. The van der Waals surface area contributed by atoms with Crippen molar-refractivity contribution >= 4 is 46.5 Å². The minimum absolute atomic E-state index is 0.390. The average Bonchev–Trinajstić information content (AvgIpc) is 2.71. The molecule has 0 radical (unpaired) electrons. The van der Waals surface area contributed by atoms with Crippen LogP contribution in [0.1, 0.15) is 20.7 Å². The Bertz CT molecular complexity index is 1020. The standard InChI is InChI=1S/C17H12Cl2N2O11/c18-14-10(20(27)28)1-7(16(23)24)3-12(14)31-5-9(22)6-32-13-4-8(17(25)26)2-11(15(13)19)21(29)30/h1-4,9,22H,5-6H2,(H,23,24)(H,25,26). The third-order valence-corrected chi connectivity index (χ3v) is 4.55. The molecule has 0 amide bonds. The molecule has 3 N–H and O–H groups in total. The highest BCUT2D eigenvalue weighted by atomic mass is 35.5. The third kappa shape index (κ3) is 5.72. The fourth-order valence-electron chi connectivity index (χ4n) is 2.31. The van der Waals surface area contributed by atoms with Crippen molar-refractivity contribution in [2.75, 3.05) is 13.2 Å². The highest BCUT2D eigenvalue weighted by Crippen LogP contribution is 2.36. The van der Waals surface area contributed by atoms with E-state index in [-0.39, 0.29) is 11.5 Å². The number of nitrogens with zero attached hydrogens (tertiary/aromatic N) is 2. The number of hydrogen-bond acceptors (Lipinski definition) is 9. The van der Waals surface area contributed by atoms with Crippen molar-refractivity contribution in [3.63, 3.8) is 0 Å². The molecule has 0 bridgehead atoms. The minimum Gasteiger partial charge on any atom is -0.489 e. The lowest BCUT2D eigenvalue weighted by Gasteiger charge is -2.15. The van der Waals surface area contributed by atoms with E-state index in [1.807, 2.05) is 0 Å². The van der Waals surface area contributed by atoms with Crippen molar-refractivity contribution in [1.82, 2.24) is 0 Å². The van der Waals surface area contributed by atoms with Crippen molar-refractivity contribution in [2.24, 2.45) is 0 Å². The molecule has 0 saturated carbocycles. The van der Waals surface area contributed by atoms with E-state index < -0.39 is 73.6 Å². The molecule has 15 heteroatoms. The monoisotopic (exact) mass is 490 g/mol. The van der Waals surface area contributed by atoms with Gasteiger partial charge in [-0.05, 0) is 12.1 Å². The van der Waals surface area contributed by atoms with Gasteiger partial charge < -0.3 is 24.8 Å². The molecule has 0 aliphatic heterocycles. The lowest BCUT2D eigenvalue weighted by atomic mass is 10.2. The Hall–Kier alpha value is -3.68.